The summed E-state index contributed by atoms with van der Waals surface area (Å²) in [5.41, 5.74) is 0.842. The molecule has 0 aromatic carbocycles. The molecule has 0 radical (unpaired) electrons. The minimum absolute atomic E-state index is 0.373. The number of pyridine rings is 1. The maximum absolute atomic E-state index is 13.0. The van der Waals surface area contributed by atoms with Crippen LogP contribution in [0.5, 0.6) is 5.88 Å². The molecule has 0 saturated heterocycles. The van der Waals surface area contributed by atoms with Gasteiger partial charge in [0.25, 0.3) is 0 Å². The van der Waals surface area contributed by atoms with Crippen molar-refractivity contribution in [3.8, 4) is 5.88 Å². The van der Waals surface area contributed by atoms with E-state index in [1.165, 1.54) is 0 Å². The lowest BCUT2D eigenvalue weighted by atomic mass is 10.3. The number of unbranched alkanes of at least 4 members (excludes halogenated alkanes) is 1. The van der Waals surface area contributed by atoms with Crippen LogP contribution >= 0.6 is 15.9 Å². The molecule has 14 heavy (non-hydrogen) atoms. The number of hydrogen-bond acceptors (Lipinski definition) is 2. The third-order valence-corrected chi connectivity index (χ3v) is 2.37. The van der Waals surface area contributed by atoms with Crippen molar-refractivity contribution < 1.29 is 9.13 Å². The Morgan fingerprint density at radius 3 is 2.93 bits per heavy atom. The van der Waals surface area contributed by atoms with Crippen LogP contribution in [0.25, 0.3) is 0 Å². The van der Waals surface area contributed by atoms with Crippen LogP contribution in [0.3, 0.4) is 0 Å². The smallest absolute Gasteiger partial charge is 0.230 e. The molecule has 0 N–H and O–H groups in total. The third kappa shape index (κ3) is 2.94. The summed E-state index contributed by atoms with van der Waals surface area (Å²) >= 11 is 3.07. The second-order valence-electron chi connectivity index (χ2n) is 3.09. The Morgan fingerprint density at radius 2 is 2.29 bits per heavy atom. The van der Waals surface area contributed by atoms with E-state index in [0.29, 0.717) is 17.0 Å². The molecule has 1 aromatic heterocycles. The van der Waals surface area contributed by atoms with E-state index in [1.807, 2.05) is 6.92 Å². The van der Waals surface area contributed by atoms with Gasteiger partial charge in [-0.3, -0.25) is 0 Å². The highest BCUT2D eigenvalue weighted by Gasteiger charge is 2.07. The van der Waals surface area contributed by atoms with Gasteiger partial charge in [-0.15, -0.1) is 0 Å². The maximum atomic E-state index is 13.0. The fourth-order valence-corrected chi connectivity index (χ4v) is 1.43. The molecular weight excluding hydrogens is 249 g/mol. The highest BCUT2D eigenvalue weighted by molar-refractivity contribution is 9.10. The first-order valence-corrected chi connectivity index (χ1v) is 5.40. The van der Waals surface area contributed by atoms with Crippen LogP contribution in [-0.4, -0.2) is 11.6 Å². The van der Waals surface area contributed by atoms with Crippen LogP contribution in [0.2, 0.25) is 0 Å². The summed E-state index contributed by atoms with van der Waals surface area (Å²) in [5, 5.41) is 0. The van der Waals surface area contributed by atoms with E-state index >= 15 is 0 Å². The Bertz CT molecular complexity index is 317. The average molecular weight is 262 g/mol. The maximum Gasteiger partial charge on any atom is 0.230 e. The molecule has 0 aliphatic heterocycles. The molecule has 0 atom stereocenters. The second-order valence-corrected chi connectivity index (χ2v) is 3.94. The van der Waals surface area contributed by atoms with E-state index < -0.39 is 5.95 Å². The summed E-state index contributed by atoms with van der Waals surface area (Å²) in [4.78, 5) is 3.71. The van der Waals surface area contributed by atoms with E-state index in [1.54, 1.807) is 6.07 Å². The molecule has 1 heterocycles. The molecular formula is C10H13BrFNO. The summed E-state index contributed by atoms with van der Waals surface area (Å²) in [6.45, 7) is 4.51. The van der Waals surface area contributed by atoms with Gasteiger partial charge in [0.2, 0.25) is 11.8 Å². The van der Waals surface area contributed by atoms with Crippen LogP contribution in [0.4, 0.5) is 4.39 Å². The quantitative estimate of drug-likeness (QED) is 0.612. The molecule has 0 fully saturated rings. The molecule has 0 unspecified atom stereocenters. The predicted octanol–water partition coefficient (Wildman–Crippen LogP) is 3.47. The molecule has 78 valence electrons. The Labute approximate surface area is 91.6 Å². The lowest BCUT2D eigenvalue weighted by Gasteiger charge is -2.07. The first kappa shape index (κ1) is 11.4. The van der Waals surface area contributed by atoms with Crippen LogP contribution in [-0.2, 0) is 0 Å². The summed E-state index contributed by atoms with van der Waals surface area (Å²) in [7, 11) is 0. The van der Waals surface area contributed by atoms with Gasteiger partial charge in [-0.1, -0.05) is 13.3 Å². The zero-order valence-electron chi connectivity index (χ0n) is 8.31. The van der Waals surface area contributed by atoms with Crippen molar-refractivity contribution in [3.05, 3.63) is 22.1 Å². The number of nitrogens with zero attached hydrogens (tertiary/aromatic N) is 1. The van der Waals surface area contributed by atoms with Crippen LogP contribution < -0.4 is 4.74 Å². The number of ether oxygens (including phenoxy) is 1. The fourth-order valence-electron chi connectivity index (χ4n) is 1.00. The molecule has 0 amide bonds. The van der Waals surface area contributed by atoms with Crippen molar-refractivity contribution in [2.45, 2.75) is 26.7 Å². The standard InChI is InChI=1S/C10H13BrFNO/c1-3-4-5-14-10-7(2)6-8(11)9(12)13-10/h6H,3-5H2,1-2H3. The van der Waals surface area contributed by atoms with Crippen molar-refractivity contribution in [3.63, 3.8) is 0 Å². The van der Waals surface area contributed by atoms with E-state index in [-0.39, 0.29) is 0 Å². The van der Waals surface area contributed by atoms with E-state index in [2.05, 4.69) is 27.8 Å². The Hall–Kier alpha value is -0.640. The van der Waals surface area contributed by atoms with Gasteiger partial charge in [-0.05, 0) is 35.3 Å². The number of rotatable bonds is 4. The minimum atomic E-state index is -0.526. The van der Waals surface area contributed by atoms with Gasteiger partial charge in [0.1, 0.15) is 0 Å². The first-order chi connectivity index (χ1) is 6.65. The normalized spacial score (nSPS) is 10.3. The Balaban J connectivity index is 2.72. The topological polar surface area (TPSA) is 22.1 Å². The van der Waals surface area contributed by atoms with Crippen LogP contribution in [0.15, 0.2) is 10.5 Å². The molecule has 0 bridgehead atoms. The SMILES string of the molecule is CCCCOc1nc(F)c(Br)cc1C. The van der Waals surface area contributed by atoms with Gasteiger partial charge in [-0.2, -0.15) is 9.37 Å². The summed E-state index contributed by atoms with van der Waals surface area (Å²) in [6, 6.07) is 1.67. The minimum Gasteiger partial charge on any atom is -0.477 e. The van der Waals surface area contributed by atoms with Crippen LogP contribution in [0.1, 0.15) is 25.3 Å². The van der Waals surface area contributed by atoms with Crippen molar-refractivity contribution in [2.75, 3.05) is 6.61 Å². The van der Waals surface area contributed by atoms with Crippen LogP contribution in [0, 0.1) is 12.9 Å². The molecule has 1 rings (SSSR count). The monoisotopic (exact) mass is 261 g/mol. The predicted molar refractivity (Wildman–Crippen MR) is 57.0 cm³/mol. The van der Waals surface area contributed by atoms with E-state index in [9.17, 15) is 4.39 Å². The zero-order chi connectivity index (χ0) is 10.6. The number of halogens is 2. The lowest BCUT2D eigenvalue weighted by molar-refractivity contribution is 0.290. The molecule has 4 heteroatoms. The number of aryl methyl sites for hydroxylation is 1. The summed E-state index contributed by atoms with van der Waals surface area (Å²) in [5.74, 6) is -0.138. The molecule has 0 aliphatic rings. The molecule has 0 aliphatic carbocycles. The number of aromatic nitrogens is 1. The van der Waals surface area contributed by atoms with Gasteiger partial charge < -0.3 is 4.74 Å². The third-order valence-electron chi connectivity index (χ3n) is 1.81. The average Bonchev–Trinajstić information content (AvgIpc) is 2.14. The summed E-state index contributed by atoms with van der Waals surface area (Å²) < 4.78 is 18.7. The highest BCUT2D eigenvalue weighted by atomic mass is 79.9. The lowest BCUT2D eigenvalue weighted by Crippen LogP contribution is -2.02. The number of hydrogen-bond donors (Lipinski definition) is 0. The molecule has 2 nitrogen and oxygen atoms in total. The molecule has 0 spiro atoms. The fraction of sp³-hybridized carbons (Fsp3) is 0.500. The van der Waals surface area contributed by atoms with Crippen molar-refractivity contribution in [1.82, 2.24) is 4.98 Å². The largest absolute Gasteiger partial charge is 0.477 e. The van der Waals surface area contributed by atoms with Gasteiger partial charge in [-0.25, -0.2) is 0 Å². The summed E-state index contributed by atoms with van der Waals surface area (Å²) in [6.07, 6.45) is 2.01. The second kappa shape index (κ2) is 5.29. The van der Waals surface area contributed by atoms with Crippen molar-refractivity contribution in [2.24, 2.45) is 0 Å². The van der Waals surface area contributed by atoms with Crippen molar-refractivity contribution >= 4 is 15.9 Å². The molecule has 1 aromatic rings. The van der Waals surface area contributed by atoms with Gasteiger partial charge in [0.05, 0.1) is 11.1 Å². The highest BCUT2D eigenvalue weighted by Crippen LogP contribution is 2.22. The zero-order valence-corrected chi connectivity index (χ0v) is 9.90. The Morgan fingerprint density at radius 1 is 1.57 bits per heavy atom. The van der Waals surface area contributed by atoms with Gasteiger partial charge in [0.15, 0.2) is 0 Å². The van der Waals surface area contributed by atoms with Crippen molar-refractivity contribution in [1.29, 1.82) is 0 Å². The van der Waals surface area contributed by atoms with E-state index in [4.69, 9.17) is 4.74 Å². The van der Waals surface area contributed by atoms with Gasteiger partial charge >= 0.3 is 0 Å². The molecule has 0 saturated carbocycles. The van der Waals surface area contributed by atoms with E-state index in [0.717, 1.165) is 18.4 Å². The van der Waals surface area contributed by atoms with Gasteiger partial charge in [0, 0.05) is 5.56 Å². The first-order valence-electron chi connectivity index (χ1n) is 4.60. The Kier molecular flexibility index (Phi) is 4.32.